The third-order valence-electron chi connectivity index (χ3n) is 16.5. The standard InChI is InChI=1S/C62H62N14O18S5/c1-23(49(63)78)64-50(79)32-20-98-58(69-32)43-37(89-9)13-28-42(71-43)31-18-96-56(66-31)30-17-92-60(84)45-29-16-90-46(47(94-38-14-62(5,86)48(75(6)7)26(4)93-38)61(85)91-15-27-11-10-12-36(39(27)29)76(45)87)44(59-70-33(21-99-59)51(80)65-30)74-53(82)35-22-97-57(68-35)41(25(3)88-8)73-54(83)40(24(2)77)72-52(81)34-19-95-55(28)67-34/h10-13,18-22,24,26,30,38,40,44,46-48,77,86-87H,1,14-17H2,2-9H3,(H2,63,78)(H,64,79)(H,65,80)(H,72,81)(H,73,83)(H,74,82)/b41-25+/t24-,26+,30+,38+,40+,44+,46+,47+,48-,62+/m1/s1. The van der Waals surface area contributed by atoms with E-state index in [4.69, 9.17) is 53.8 Å². The molecule has 1 saturated heterocycles. The average molecular weight is 1450 g/mol. The highest BCUT2D eigenvalue weighted by Gasteiger charge is 2.50. The zero-order chi connectivity index (χ0) is 70.6. The number of pyridine rings is 1. The molecule has 32 nitrogen and oxygen atoms in total. The van der Waals surface area contributed by atoms with Gasteiger partial charge in [0.25, 0.3) is 29.5 Å². The van der Waals surface area contributed by atoms with Crippen LogP contribution in [0, 0.1) is 0 Å². The van der Waals surface area contributed by atoms with Crippen LogP contribution in [0.4, 0.5) is 0 Å². The maximum Gasteiger partial charge on any atom is 0.358 e. The van der Waals surface area contributed by atoms with Crippen LogP contribution >= 0.6 is 56.7 Å². The molecule has 0 unspecified atom stereocenters. The summed E-state index contributed by atoms with van der Waals surface area (Å²) in [4.78, 5) is 145. The number of likely N-dealkylation sites (N-methyl/N-ethyl adjacent to an activating group) is 1. The number of thiazole rings is 5. The maximum atomic E-state index is 15.2. The van der Waals surface area contributed by atoms with Crippen molar-refractivity contribution in [2.45, 2.75) is 108 Å². The number of fused-ring (bicyclic) bond motifs is 15. The minimum absolute atomic E-state index is 0.00841. The number of ether oxygens (including phenoxy) is 7. The molecular formula is C62H62N14O18S5. The Bertz CT molecular complexity index is 4620. The lowest BCUT2D eigenvalue weighted by atomic mass is 9.85. The van der Waals surface area contributed by atoms with E-state index >= 15 is 19.2 Å². The molecular weight excluding hydrogens is 1390 g/mol. The van der Waals surface area contributed by atoms with Crippen molar-refractivity contribution in [3.05, 3.63) is 124 Å². The van der Waals surface area contributed by atoms with Gasteiger partial charge in [-0.25, -0.2) is 39.5 Å². The average Bonchev–Trinajstić information content (AvgIpc) is 1.62. The summed E-state index contributed by atoms with van der Waals surface area (Å²) in [6.07, 6.45) is -7.52. The number of nitrogens with zero attached hydrogens (tertiary/aromatic N) is 8. The minimum Gasteiger partial charge on any atom is -0.499 e. The van der Waals surface area contributed by atoms with Crippen molar-refractivity contribution < 1.29 is 86.9 Å². The fourth-order valence-corrected chi connectivity index (χ4v) is 16.1. The number of carbonyl (C=O) groups is 8. The van der Waals surface area contributed by atoms with E-state index in [0.29, 0.717) is 10.3 Å². The summed E-state index contributed by atoms with van der Waals surface area (Å²) < 4.78 is 44.2. The maximum absolute atomic E-state index is 15.2. The molecule has 12 bridgehead atoms. The van der Waals surface area contributed by atoms with Gasteiger partial charge in [-0.2, -0.15) is 4.73 Å². The molecule has 8 aromatic rings. The Kier molecular flexibility index (Phi) is 19.6. The molecule has 0 saturated carbocycles. The van der Waals surface area contributed by atoms with Crippen molar-refractivity contribution in [2.75, 3.05) is 34.9 Å². The van der Waals surface area contributed by atoms with Gasteiger partial charge in [-0.3, -0.25) is 28.8 Å². The van der Waals surface area contributed by atoms with Crippen LogP contribution < -0.4 is 37.1 Å². The van der Waals surface area contributed by atoms with Crippen molar-refractivity contribution in [2.24, 2.45) is 5.73 Å². The minimum atomic E-state index is -1.91. The molecule has 0 aliphatic carbocycles. The summed E-state index contributed by atoms with van der Waals surface area (Å²) in [5, 5.41) is 56.3. The van der Waals surface area contributed by atoms with Crippen molar-refractivity contribution in [3.63, 3.8) is 0 Å². The molecule has 1 fully saturated rings. The summed E-state index contributed by atoms with van der Waals surface area (Å²) >= 11 is 4.68. The number of methoxy groups -OCH3 is 2. The number of aromatic nitrogens is 7. The number of nitrogens with two attached hydrogens (primary N) is 1. The molecule has 4 aliphatic heterocycles. The van der Waals surface area contributed by atoms with Crippen LogP contribution in [0.25, 0.3) is 49.3 Å². The molecule has 11 heterocycles. The van der Waals surface area contributed by atoms with Gasteiger partial charge in [0, 0.05) is 49.8 Å². The molecule has 10 atom stereocenters. The molecule has 518 valence electrons. The number of esters is 2. The monoisotopic (exact) mass is 1450 g/mol. The third kappa shape index (κ3) is 13.7. The predicted octanol–water partition coefficient (Wildman–Crippen LogP) is 4.19. The predicted molar refractivity (Wildman–Crippen MR) is 355 cm³/mol. The van der Waals surface area contributed by atoms with Gasteiger partial charge in [0.05, 0.1) is 55.9 Å². The summed E-state index contributed by atoms with van der Waals surface area (Å²) in [6, 6.07) is 0.989. The lowest BCUT2D eigenvalue weighted by Crippen LogP contribution is -2.62. The quantitative estimate of drug-likeness (QED) is 0.0401. The number of rotatable bonds is 10. The molecule has 10 N–H and O–H groups in total. The first-order chi connectivity index (χ1) is 47.2. The lowest BCUT2D eigenvalue weighted by molar-refractivity contribution is -0.280. The smallest absolute Gasteiger partial charge is 0.358 e. The van der Waals surface area contributed by atoms with Crippen molar-refractivity contribution >= 4 is 121 Å². The number of nitrogens with one attached hydrogen (secondary N) is 5. The highest BCUT2D eigenvalue weighted by molar-refractivity contribution is 7.14. The first-order valence-electron chi connectivity index (χ1n) is 30.1. The number of benzene rings is 1. The second-order valence-corrected chi connectivity index (χ2v) is 27.9. The Labute approximate surface area is 581 Å². The molecule has 0 spiro atoms. The second-order valence-electron chi connectivity index (χ2n) is 23.5. The summed E-state index contributed by atoms with van der Waals surface area (Å²) in [6.45, 7) is 7.79. The van der Waals surface area contributed by atoms with Gasteiger partial charge in [-0.05, 0) is 59.5 Å². The van der Waals surface area contributed by atoms with Crippen molar-refractivity contribution in [1.29, 1.82) is 0 Å². The van der Waals surface area contributed by atoms with Crippen molar-refractivity contribution in [1.82, 2.24) is 66.1 Å². The van der Waals surface area contributed by atoms with E-state index in [1.165, 1.54) is 61.7 Å². The molecule has 99 heavy (non-hydrogen) atoms. The molecule has 37 heteroatoms. The number of hydrogen-bond donors (Lipinski definition) is 9. The fourth-order valence-electron chi connectivity index (χ4n) is 11.9. The largest absolute Gasteiger partial charge is 0.499 e. The fraction of sp³-hybridized carbons (Fsp3) is 0.355. The number of allylic oxidation sites excluding steroid dienone is 1. The number of cyclic esters (lactones) is 2. The van der Waals surface area contributed by atoms with Gasteiger partial charge in [0.1, 0.15) is 120 Å². The number of primary amides is 1. The zero-order valence-electron chi connectivity index (χ0n) is 53.6. The van der Waals surface area contributed by atoms with Gasteiger partial charge in [0.2, 0.25) is 5.91 Å². The van der Waals surface area contributed by atoms with E-state index < -0.39 is 133 Å². The molecule has 1 aromatic carbocycles. The summed E-state index contributed by atoms with van der Waals surface area (Å²) in [5.74, 6) is -7.51. The van der Waals surface area contributed by atoms with E-state index in [-0.39, 0.29) is 116 Å². The van der Waals surface area contributed by atoms with E-state index in [1.54, 1.807) is 50.4 Å². The number of aliphatic hydroxyl groups is 2. The third-order valence-corrected chi connectivity index (χ3v) is 21.0. The van der Waals surface area contributed by atoms with Gasteiger partial charge in [-0.15, -0.1) is 56.7 Å². The Morgan fingerprint density at radius 2 is 1.52 bits per heavy atom. The van der Waals surface area contributed by atoms with Crippen LogP contribution in [-0.2, 0) is 56.0 Å². The summed E-state index contributed by atoms with van der Waals surface area (Å²) in [7, 11) is 6.20. The Balaban J connectivity index is 1.05. The Morgan fingerprint density at radius 3 is 2.22 bits per heavy atom. The van der Waals surface area contributed by atoms with Gasteiger partial charge < -0.3 is 85.8 Å². The van der Waals surface area contributed by atoms with Crippen molar-refractivity contribution in [3.8, 4) is 38.4 Å². The van der Waals surface area contributed by atoms with Gasteiger partial charge >= 0.3 is 11.9 Å². The number of hydrogen-bond acceptors (Lipinski definition) is 30. The molecule has 12 rings (SSSR count). The van der Waals surface area contributed by atoms with Gasteiger partial charge in [-0.1, -0.05) is 18.7 Å². The molecule has 6 amide bonds. The van der Waals surface area contributed by atoms with Crippen LogP contribution in [0.5, 0.6) is 5.75 Å². The van der Waals surface area contributed by atoms with E-state index in [2.05, 4.69) is 48.1 Å². The van der Waals surface area contributed by atoms with Crippen LogP contribution in [0.3, 0.4) is 0 Å². The zero-order valence-corrected chi connectivity index (χ0v) is 57.7. The van der Waals surface area contributed by atoms with Crippen LogP contribution in [-0.4, -0.2) is 186 Å². The second kappa shape index (κ2) is 28.0. The van der Waals surface area contributed by atoms with Crippen LogP contribution in [0.2, 0.25) is 0 Å². The van der Waals surface area contributed by atoms with E-state index in [0.717, 1.165) is 56.7 Å². The lowest BCUT2D eigenvalue weighted by Gasteiger charge is -2.48. The number of aliphatic hydroxyl groups excluding tert-OH is 1. The SMILES string of the molecule is C=C(NC(=O)c1csc(-c2nc3c(cc2OC)-c2nc(cs2)C(=O)N[C@@H]([C@@H](C)O)C(=O)N/C(=C(\C)OC)c2nc(cs2)C(=O)N[C@@H]2c4nc(cs4)C(=O)N[C@@H](COC(=O)c4c5c6c(cccc6n4O)COC(=O)[C@@H](O[C@H]4C[C@](C)(O)[C@H](N(C)C)[C@H](C)O4)[C@H]2OC5)c2nc-3cs2)n1)C(N)=O. The first-order valence-corrected chi connectivity index (χ1v) is 34.5. The summed E-state index contributed by atoms with van der Waals surface area (Å²) in [5.41, 5.74) is 2.80. The Hall–Kier alpha value is -9.54. The van der Waals surface area contributed by atoms with E-state index in [9.17, 15) is 34.6 Å². The van der Waals surface area contributed by atoms with Crippen LogP contribution in [0.15, 0.2) is 69.2 Å². The topological polar surface area (TPSA) is 434 Å². The normalized spacial score (nSPS) is 23.9. The highest BCUT2D eigenvalue weighted by Crippen LogP contribution is 2.43. The highest BCUT2D eigenvalue weighted by atomic mass is 32.1. The first kappa shape index (κ1) is 69.4. The molecule has 4 aliphatic rings. The molecule has 7 aromatic heterocycles. The van der Waals surface area contributed by atoms with Gasteiger partial charge in [0.15, 0.2) is 18.1 Å². The number of carbonyl (C=O) groups excluding carboxylic acids is 8. The molecule has 0 radical (unpaired) electrons. The van der Waals surface area contributed by atoms with Crippen LogP contribution in [0.1, 0.15) is 125 Å². The Morgan fingerprint density at radius 1 is 0.848 bits per heavy atom. The van der Waals surface area contributed by atoms with E-state index in [1.807, 2.05) is 0 Å². The number of amides is 6.